The van der Waals surface area contributed by atoms with E-state index in [-0.39, 0.29) is 11.5 Å². The summed E-state index contributed by atoms with van der Waals surface area (Å²) in [6.07, 6.45) is -1.78. The minimum absolute atomic E-state index is 0.159. The van der Waals surface area contributed by atoms with Gasteiger partial charge in [0.05, 0.1) is 5.56 Å². The first-order valence-corrected chi connectivity index (χ1v) is 7.31. The second kappa shape index (κ2) is 5.68. The fraction of sp³-hybridized carbons (Fsp3) is 0.294. The first-order chi connectivity index (χ1) is 10.9. The van der Waals surface area contributed by atoms with Gasteiger partial charge in [-0.25, -0.2) is 0 Å². The van der Waals surface area contributed by atoms with Crippen LogP contribution in [0, 0.1) is 6.92 Å². The number of carbonyl (C=O) groups excluding carboxylic acids is 1. The first kappa shape index (κ1) is 15.5. The summed E-state index contributed by atoms with van der Waals surface area (Å²) in [5.74, 6) is -0.323. The number of alkyl halides is 3. The van der Waals surface area contributed by atoms with Crippen molar-refractivity contribution < 1.29 is 18.0 Å². The second-order valence-corrected chi connectivity index (χ2v) is 5.62. The standard InChI is InChI=1S/C17H15F3N2O/c1-11-4-6-14-12(9-11)3-2-8-22(14)16(23)13-5-7-15(21-10-13)17(18,19)20/h4-7,9-10H,2-3,8H2,1H3. The molecule has 1 aromatic carbocycles. The van der Waals surface area contributed by atoms with Crippen LogP contribution in [0.5, 0.6) is 0 Å². The molecule has 0 radical (unpaired) electrons. The van der Waals surface area contributed by atoms with Crippen LogP contribution >= 0.6 is 0 Å². The molecule has 120 valence electrons. The Balaban J connectivity index is 1.90. The van der Waals surface area contributed by atoms with E-state index in [1.165, 1.54) is 6.07 Å². The summed E-state index contributed by atoms with van der Waals surface area (Å²) >= 11 is 0. The van der Waals surface area contributed by atoms with Crippen LogP contribution in [0.3, 0.4) is 0 Å². The number of nitrogens with zero attached hydrogens (tertiary/aromatic N) is 2. The number of anilines is 1. The van der Waals surface area contributed by atoms with E-state index in [0.717, 1.165) is 41.9 Å². The van der Waals surface area contributed by atoms with Crippen molar-refractivity contribution in [2.45, 2.75) is 25.9 Å². The molecular formula is C17H15F3N2O. The highest BCUT2D eigenvalue weighted by Gasteiger charge is 2.32. The predicted molar refractivity (Wildman–Crippen MR) is 80.4 cm³/mol. The smallest absolute Gasteiger partial charge is 0.308 e. The monoisotopic (exact) mass is 320 g/mol. The maximum absolute atomic E-state index is 12.6. The second-order valence-electron chi connectivity index (χ2n) is 5.62. The molecule has 6 heteroatoms. The van der Waals surface area contributed by atoms with Gasteiger partial charge >= 0.3 is 6.18 Å². The summed E-state index contributed by atoms with van der Waals surface area (Å²) in [6, 6.07) is 7.88. The zero-order chi connectivity index (χ0) is 16.6. The molecule has 1 aliphatic rings. The summed E-state index contributed by atoms with van der Waals surface area (Å²) in [4.78, 5) is 17.6. The minimum Gasteiger partial charge on any atom is -0.308 e. The zero-order valence-corrected chi connectivity index (χ0v) is 12.5. The Morgan fingerprint density at radius 3 is 2.65 bits per heavy atom. The van der Waals surface area contributed by atoms with Gasteiger partial charge in [-0.2, -0.15) is 13.2 Å². The zero-order valence-electron chi connectivity index (χ0n) is 12.5. The number of aryl methyl sites for hydroxylation is 2. The summed E-state index contributed by atoms with van der Waals surface area (Å²) in [5.41, 5.74) is 2.20. The Labute approximate surface area is 131 Å². The molecular weight excluding hydrogens is 305 g/mol. The lowest BCUT2D eigenvalue weighted by Gasteiger charge is -2.29. The van der Waals surface area contributed by atoms with E-state index in [1.807, 2.05) is 25.1 Å². The number of halogens is 3. The normalized spacial score (nSPS) is 14.5. The number of benzene rings is 1. The van der Waals surface area contributed by atoms with Gasteiger partial charge in [-0.1, -0.05) is 17.7 Å². The van der Waals surface area contributed by atoms with Crippen LogP contribution in [-0.4, -0.2) is 17.4 Å². The number of fused-ring (bicyclic) bond motifs is 1. The van der Waals surface area contributed by atoms with Gasteiger partial charge in [-0.15, -0.1) is 0 Å². The van der Waals surface area contributed by atoms with Crippen LogP contribution in [0.1, 0.15) is 33.6 Å². The molecule has 1 aliphatic heterocycles. The topological polar surface area (TPSA) is 33.2 Å². The first-order valence-electron chi connectivity index (χ1n) is 7.31. The molecule has 0 fully saturated rings. The number of amides is 1. The predicted octanol–water partition coefficient (Wildman–Crippen LogP) is 4.00. The van der Waals surface area contributed by atoms with Crippen molar-refractivity contribution in [3.05, 3.63) is 58.9 Å². The third-order valence-electron chi connectivity index (χ3n) is 3.90. The van der Waals surface area contributed by atoms with Crippen LogP contribution in [0.2, 0.25) is 0 Å². The highest BCUT2D eigenvalue weighted by molar-refractivity contribution is 6.06. The molecule has 1 amide bonds. The van der Waals surface area contributed by atoms with Gasteiger partial charge < -0.3 is 4.90 Å². The van der Waals surface area contributed by atoms with E-state index in [2.05, 4.69) is 4.98 Å². The van der Waals surface area contributed by atoms with E-state index in [4.69, 9.17) is 0 Å². The largest absolute Gasteiger partial charge is 0.433 e. The van der Waals surface area contributed by atoms with Crippen molar-refractivity contribution in [3.8, 4) is 0 Å². The Bertz CT molecular complexity index is 738. The number of aromatic nitrogens is 1. The molecule has 23 heavy (non-hydrogen) atoms. The number of rotatable bonds is 1. The number of carbonyl (C=O) groups is 1. The minimum atomic E-state index is -4.50. The third-order valence-corrected chi connectivity index (χ3v) is 3.90. The molecule has 0 bridgehead atoms. The fourth-order valence-corrected chi connectivity index (χ4v) is 2.78. The molecule has 0 aliphatic carbocycles. The Kier molecular flexibility index (Phi) is 3.83. The van der Waals surface area contributed by atoms with Crippen molar-refractivity contribution in [1.82, 2.24) is 4.98 Å². The molecule has 0 saturated heterocycles. The van der Waals surface area contributed by atoms with Crippen LogP contribution < -0.4 is 4.90 Å². The van der Waals surface area contributed by atoms with E-state index in [9.17, 15) is 18.0 Å². The number of hydrogen-bond donors (Lipinski definition) is 0. The Morgan fingerprint density at radius 1 is 1.22 bits per heavy atom. The van der Waals surface area contributed by atoms with E-state index in [1.54, 1.807) is 4.90 Å². The lowest BCUT2D eigenvalue weighted by Crippen LogP contribution is -2.35. The van der Waals surface area contributed by atoms with Gasteiger partial charge in [-0.3, -0.25) is 9.78 Å². The van der Waals surface area contributed by atoms with Crippen molar-refractivity contribution in [3.63, 3.8) is 0 Å². The van der Waals surface area contributed by atoms with E-state index >= 15 is 0 Å². The summed E-state index contributed by atoms with van der Waals surface area (Å²) in [5, 5.41) is 0. The molecule has 0 unspecified atom stereocenters. The lowest BCUT2D eigenvalue weighted by molar-refractivity contribution is -0.141. The molecule has 0 saturated carbocycles. The quantitative estimate of drug-likeness (QED) is 0.795. The maximum atomic E-state index is 12.6. The molecule has 0 atom stereocenters. The molecule has 1 aromatic heterocycles. The van der Waals surface area contributed by atoms with Crippen molar-refractivity contribution in [2.24, 2.45) is 0 Å². The van der Waals surface area contributed by atoms with Gasteiger partial charge in [0.25, 0.3) is 5.91 Å². The average molecular weight is 320 g/mol. The summed E-state index contributed by atoms with van der Waals surface area (Å²) in [7, 11) is 0. The van der Waals surface area contributed by atoms with Crippen molar-refractivity contribution in [2.75, 3.05) is 11.4 Å². The molecule has 0 spiro atoms. The average Bonchev–Trinajstić information content (AvgIpc) is 2.52. The number of pyridine rings is 1. The summed E-state index contributed by atoms with van der Waals surface area (Å²) in [6.45, 7) is 2.54. The summed E-state index contributed by atoms with van der Waals surface area (Å²) < 4.78 is 37.7. The Hall–Kier alpha value is -2.37. The molecule has 3 rings (SSSR count). The van der Waals surface area contributed by atoms with Crippen LogP contribution in [0.25, 0.3) is 0 Å². The number of hydrogen-bond acceptors (Lipinski definition) is 2. The van der Waals surface area contributed by atoms with Gasteiger partial charge in [0.2, 0.25) is 0 Å². The van der Waals surface area contributed by atoms with Gasteiger partial charge in [0, 0.05) is 18.4 Å². The van der Waals surface area contributed by atoms with Gasteiger partial charge in [-0.05, 0) is 43.5 Å². The molecule has 2 heterocycles. The van der Waals surface area contributed by atoms with Gasteiger partial charge in [0.15, 0.2) is 0 Å². The third kappa shape index (κ3) is 3.06. The highest BCUT2D eigenvalue weighted by Crippen LogP contribution is 2.30. The molecule has 2 aromatic rings. The highest BCUT2D eigenvalue weighted by atomic mass is 19.4. The lowest BCUT2D eigenvalue weighted by atomic mass is 9.99. The van der Waals surface area contributed by atoms with Crippen LogP contribution in [0.4, 0.5) is 18.9 Å². The van der Waals surface area contributed by atoms with Gasteiger partial charge in [0.1, 0.15) is 5.69 Å². The van der Waals surface area contributed by atoms with Crippen LogP contribution in [-0.2, 0) is 12.6 Å². The molecule has 3 nitrogen and oxygen atoms in total. The Morgan fingerprint density at radius 2 is 2.00 bits per heavy atom. The van der Waals surface area contributed by atoms with Crippen molar-refractivity contribution >= 4 is 11.6 Å². The van der Waals surface area contributed by atoms with Crippen molar-refractivity contribution in [1.29, 1.82) is 0 Å². The van der Waals surface area contributed by atoms with E-state index in [0.29, 0.717) is 6.54 Å². The van der Waals surface area contributed by atoms with Crippen LogP contribution in [0.15, 0.2) is 36.5 Å². The molecule has 0 N–H and O–H groups in total. The fourth-order valence-electron chi connectivity index (χ4n) is 2.78. The van der Waals surface area contributed by atoms with E-state index < -0.39 is 11.9 Å². The SMILES string of the molecule is Cc1ccc2c(c1)CCCN2C(=O)c1ccc(C(F)(F)F)nc1. The maximum Gasteiger partial charge on any atom is 0.433 e.